The fourth-order valence-corrected chi connectivity index (χ4v) is 2.96. The second-order valence-corrected chi connectivity index (χ2v) is 6.19. The van der Waals surface area contributed by atoms with Gasteiger partial charge in [0.05, 0.1) is 5.69 Å². The number of aryl methyl sites for hydroxylation is 1. The number of anilines is 1. The van der Waals surface area contributed by atoms with Crippen molar-refractivity contribution in [1.82, 2.24) is 4.98 Å². The molecule has 1 heterocycles. The fourth-order valence-electron chi connectivity index (χ4n) is 1.92. The number of benzene rings is 1. The monoisotopic (exact) mass is 301 g/mol. The highest BCUT2D eigenvalue weighted by Gasteiger charge is 2.16. The van der Waals surface area contributed by atoms with Crippen LogP contribution in [0.15, 0.2) is 47.5 Å². The Bertz CT molecular complexity index is 762. The van der Waals surface area contributed by atoms with Crippen LogP contribution in [0.4, 0.5) is 5.69 Å². The number of aromatic nitrogens is 1. The van der Waals surface area contributed by atoms with Crippen LogP contribution in [0.3, 0.4) is 0 Å². The molecule has 0 saturated heterocycles. The number of hydrogen-bond donors (Lipinski definition) is 1. The Hall–Kier alpha value is -2.39. The first kappa shape index (κ1) is 15.0. The number of nitrogens with zero attached hydrogens (tertiary/aromatic N) is 2. The average Bonchev–Trinajstić information content (AvgIpc) is 2.49. The molecule has 0 fully saturated rings. The van der Waals surface area contributed by atoms with Crippen molar-refractivity contribution in [1.29, 1.82) is 5.26 Å². The molecule has 5 nitrogen and oxygen atoms in total. The summed E-state index contributed by atoms with van der Waals surface area (Å²) in [7, 11) is -3.70. The van der Waals surface area contributed by atoms with Gasteiger partial charge >= 0.3 is 0 Å². The van der Waals surface area contributed by atoms with Crippen molar-refractivity contribution in [2.45, 2.75) is 24.7 Å². The van der Waals surface area contributed by atoms with Crippen molar-refractivity contribution in [2.75, 3.05) is 4.72 Å². The lowest BCUT2D eigenvalue weighted by Crippen LogP contribution is -2.14. The Morgan fingerprint density at radius 2 is 2.00 bits per heavy atom. The van der Waals surface area contributed by atoms with Crippen molar-refractivity contribution < 1.29 is 8.42 Å². The van der Waals surface area contributed by atoms with Crippen molar-refractivity contribution in [3.8, 4) is 6.07 Å². The van der Waals surface area contributed by atoms with E-state index in [0.29, 0.717) is 5.69 Å². The van der Waals surface area contributed by atoms with Crippen LogP contribution >= 0.6 is 0 Å². The van der Waals surface area contributed by atoms with Gasteiger partial charge in [-0.05, 0) is 30.2 Å². The highest BCUT2D eigenvalue weighted by atomic mass is 32.2. The van der Waals surface area contributed by atoms with Crippen LogP contribution in [0.1, 0.15) is 24.6 Å². The number of pyridine rings is 1. The smallest absolute Gasteiger partial charge is 0.263 e. The number of nitriles is 1. The molecule has 2 aromatic rings. The highest BCUT2D eigenvalue weighted by Crippen LogP contribution is 2.21. The van der Waals surface area contributed by atoms with E-state index in [2.05, 4.69) is 9.71 Å². The van der Waals surface area contributed by atoms with Gasteiger partial charge in [0.25, 0.3) is 10.0 Å². The van der Waals surface area contributed by atoms with Crippen LogP contribution < -0.4 is 4.72 Å². The Kier molecular flexibility index (Phi) is 4.55. The van der Waals surface area contributed by atoms with Crippen molar-refractivity contribution in [3.05, 3.63) is 53.9 Å². The predicted octanol–water partition coefficient (Wildman–Crippen LogP) is 2.71. The standard InChI is InChI=1S/C15H15N3O2S/c1-2-5-12-6-3-4-7-15(12)18-21(19,20)14-9-8-13(10-16)17-11-14/h3-4,6-9,11,18H,2,5H2,1H3. The molecule has 1 aromatic carbocycles. The van der Waals surface area contributed by atoms with Crippen LogP contribution in [0.5, 0.6) is 0 Å². The maximum absolute atomic E-state index is 12.3. The van der Waals surface area contributed by atoms with E-state index in [-0.39, 0.29) is 10.6 Å². The van der Waals surface area contributed by atoms with Gasteiger partial charge in [-0.15, -0.1) is 0 Å². The van der Waals surface area contributed by atoms with Crippen LogP contribution in [0, 0.1) is 11.3 Å². The zero-order valence-corrected chi connectivity index (χ0v) is 12.4. The molecule has 1 aromatic heterocycles. The largest absolute Gasteiger partial charge is 0.279 e. The van der Waals surface area contributed by atoms with Crippen molar-refractivity contribution >= 4 is 15.7 Å². The fraction of sp³-hybridized carbons (Fsp3) is 0.200. The molecule has 0 aliphatic heterocycles. The summed E-state index contributed by atoms with van der Waals surface area (Å²) >= 11 is 0. The third-order valence-corrected chi connectivity index (χ3v) is 4.29. The van der Waals surface area contributed by atoms with Crippen LogP contribution in [-0.4, -0.2) is 13.4 Å². The molecule has 0 aliphatic rings. The van der Waals surface area contributed by atoms with Gasteiger partial charge < -0.3 is 0 Å². The van der Waals surface area contributed by atoms with E-state index < -0.39 is 10.0 Å². The molecular formula is C15H15N3O2S. The first-order chi connectivity index (χ1) is 10.1. The number of rotatable bonds is 5. The molecule has 0 aliphatic carbocycles. The topological polar surface area (TPSA) is 82.9 Å². The van der Waals surface area contributed by atoms with Gasteiger partial charge in [-0.1, -0.05) is 31.5 Å². The summed E-state index contributed by atoms with van der Waals surface area (Å²) in [4.78, 5) is 3.82. The second-order valence-electron chi connectivity index (χ2n) is 4.50. The lowest BCUT2D eigenvalue weighted by atomic mass is 10.1. The second kappa shape index (κ2) is 6.37. The number of nitrogens with one attached hydrogen (secondary N) is 1. The van der Waals surface area contributed by atoms with E-state index in [0.717, 1.165) is 18.4 Å². The molecule has 2 rings (SSSR count). The van der Waals surface area contributed by atoms with Gasteiger partial charge in [-0.25, -0.2) is 13.4 Å². The van der Waals surface area contributed by atoms with Crippen LogP contribution in [0.2, 0.25) is 0 Å². The molecule has 1 N–H and O–H groups in total. The SMILES string of the molecule is CCCc1ccccc1NS(=O)(=O)c1ccc(C#N)nc1. The molecule has 0 radical (unpaired) electrons. The third-order valence-electron chi connectivity index (χ3n) is 2.94. The Balaban J connectivity index is 2.31. The first-order valence-electron chi connectivity index (χ1n) is 6.53. The Labute approximate surface area is 124 Å². The molecule has 21 heavy (non-hydrogen) atoms. The maximum atomic E-state index is 12.3. The molecule has 0 atom stereocenters. The minimum Gasteiger partial charge on any atom is -0.279 e. The molecule has 0 saturated carbocycles. The highest BCUT2D eigenvalue weighted by molar-refractivity contribution is 7.92. The minimum atomic E-state index is -3.70. The summed E-state index contributed by atoms with van der Waals surface area (Å²) < 4.78 is 27.2. The summed E-state index contributed by atoms with van der Waals surface area (Å²) in [6.07, 6.45) is 2.91. The third kappa shape index (κ3) is 3.58. The lowest BCUT2D eigenvalue weighted by molar-refractivity contribution is 0.600. The normalized spacial score (nSPS) is 10.9. The predicted molar refractivity (Wildman–Crippen MR) is 80.2 cm³/mol. The molecule has 0 spiro atoms. The summed E-state index contributed by atoms with van der Waals surface area (Å²) in [5.41, 5.74) is 1.70. The quantitative estimate of drug-likeness (QED) is 0.920. The van der Waals surface area contributed by atoms with Gasteiger partial charge in [0.2, 0.25) is 0 Å². The van der Waals surface area contributed by atoms with Gasteiger partial charge in [0, 0.05) is 6.20 Å². The zero-order valence-electron chi connectivity index (χ0n) is 11.6. The Morgan fingerprint density at radius 3 is 2.62 bits per heavy atom. The number of para-hydroxylation sites is 1. The van der Waals surface area contributed by atoms with Gasteiger partial charge in [0.1, 0.15) is 16.7 Å². The van der Waals surface area contributed by atoms with E-state index in [1.54, 1.807) is 12.1 Å². The molecular weight excluding hydrogens is 286 g/mol. The number of sulfonamides is 1. The van der Waals surface area contributed by atoms with Crippen LogP contribution in [0.25, 0.3) is 0 Å². The molecule has 0 bridgehead atoms. The van der Waals surface area contributed by atoms with Gasteiger partial charge in [0.15, 0.2) is 0 Å². The van der Waals surface area contributed by atoms with E-state index >= 15 is 0 Å². The minimum absolute atomic E-state index is 0.0350. The zero-order chi connectivity index (χ0) is 15.3. The molecule has 108 valence electrons. The lowest BCUT2D eigenvalue weighted by Gasteiger charge is -2.12. The van der Waals surface area contributed by atoms with E-state index in [9.17, 15) is 8.42 Å². The van der Waals surface area contributed by atoms with Gasteiger partial charge in [-0.2, -0.15) is 5.26 Å². The molecule has 0 unspecified atom stereocenters. The first-order valence-corrected chi connectivity index (χ1v) is 8.02. The van der Waals surface area contributed by atoms with Crippen molar-refractivity contribution in [3.63, 3.8) is 0 Å². The maximum Gasteiger partial charge on any atom is 0.263 e. The average molecular weight is 301 g/mol. The number of hydrogen-bond acceptors (Lipinski definition) is 4. The van der Waals surface area contributed by atoms with Gasteiger partial charge in [-0.3, -0.25) is 4.72 Å². The molecule has 0 amide bonds. The van der Waals surface area contributed by atoms with E-state index in [1.165, 1.54) is 18.3 Å². The summed E-state index contributed by atoms with van der Waals surface area (Å²) in [6.45, 7) is 2.04. The summed E-state index contributed by atoms with van der Waals surface area (Å²) in [5, 5.41) is 8.68. The van der Waals surface area contributed by atoms with Crippen LogP contribution in [-0.2, 0) is 16.4 Å². The van der Waals surface area contributed by atoms with E-state index in [1.807, 2.05) is 25.1 Å². The summed E-state index contributed by atoms with van der Waals surface area (Å²) in [6, 6.07) is 11.9. The summed E-state index contributed by atoms with van der Waals surface area (Å²) in [5.74, 6) is 0. The van der Waals surface area contributed by atoms with E-state index in [4.69, 9.17) is 5.26 Å². The van der Waals surface area contributed by atoms with Crippen molar-refractivity contribution in [2.24, 2.45) is 0 Å². The molecule has 6 heteroatoms. The Morgan fingerprint density at radius 1 is 1.24 bits per heavy atom.